The largest absolute Gasteiger partial charge is 0.480 e. The van der Waals surface area contributed by atoms with E-state index < -0.39 is 17.9 Å². The van der Waals surface area contributed by atoms with Gasteiger partial charge in [-0.25, -0.2) is 4.79 Å². The molecule has 23 heavy (non-hydrogen) atoms. The van der Waals surface area contributed by atoms with Gasteiger partial charge >= 0.3 is 5.97 Å². The summed E-state index contributed by atoms with van der Waals surface area (Å²) in [5.74, 6) is -1.55. The smallest absolute Gasteiger partial charge is 0.326 e. The molecule has 0 aliphatic heterocycles. The van der Waals surface area contributed by atoms with E-state index in [1.807, 2.05) is 30.3 Å². The van der Waals surface area contributed by atoms with Crippen molar-refractivity contribution in [1.82, 2.24) is 5.32 Å². The highest BCUT2D eigenvalue weighted by Crippen LogP contribution is 2.03. The lowest BCUT2D eigenvalue weighted by molar-refractivity contribution is -0.142. The van der Waals surface area contributed by atoms with Crippen LogP contribution < -0.4 is 5.32 Å². The maximum atomic E-state index is 11.7. The van der Waals surface area contributed by atoms with Crippen molar-refractivity contribution in [2.75, 3.05) is 40.1 Å². The molecule has 0 unspecified atom stereocenters. The van der Waals surface area contributed by atoms with Crippen LogP contribution in [0.5, 0.6) is 0 Å². The summed E-state index contributed by atoms with van der Waals surface area (Å²) in [4.78, 5) is 23.0. The van der Waals surface area contributed by atoms with Crippen molar-refractivity contribution in [3.8, 4) is 0 Å². The van der Waals surface area contributed by atoms with Gasteiger partial charge in [0.25, 0.3) is 0 Å². The highest BCUT2D eigenvalue weighted by Gasteiger charge is 2.20. The van der Waals surface area contributed by atoms with Gasteiger partial charge in [0.1, 0.15) is 12.6 Å². The van der Waals surface area contributed by atoms with Crippen LogP contribution in [0.25, 0.3) is 0 Å². The van der Waals surface area contributed by atoms with Crippen molar-refractivity contribution in [3.63, 3.8) is 0 Å². The second-order valence-corrected chi connectivity index (χ2v) is 4.81. The van der Waals surface area contributed by atoms with Gasteiger partial charge in [0.05, 0.1) is 26.4 Å². The summed E-state index contributed by atoms with van der Waals surface area (Å²) < 4.78 is 15.1. The molecular formula is C16H23NO6. The minimum absolute atomic E-state index is 0.202. The highest BCUT2D eigenvalue weighted by atomic mass is 16.5. The molecule has 0 aliphatic carbocycles. The molecule has 0 aliphatic rings. The lowest BCUT2D eigenvalue weighted by Crippen LogP contribution is -2.44. The van der Waals surface area contributed by atoms with Gasteiger partial charge in [-0.2, -0.15) is 0 Å². The zero-order chi connectivity index (χ0) is 16.9. The second kappa shape index (κ2) is 11.6. The first-order chi connectivity index (χ1) is 11.1. The van der Waals surface area contributed by atoms with Crippen molar-refractivity contribution < 1.29 is 28.9 Å². The number of amides is 1. The average Bonchev–Trinajstić information content (AvgIpc) is 2.54. The number of hydrogen-bond donors (Lipinski definition) is 2. The minimum Gasteiger partial charge on any atom is -0.480 e. The summed E-state index contributed by atoms with van der Waals surface area (Å²) in [7, 11) is 1.58. The van der Waals surface area contributed by atoms with Gasteiger partial charge in [-0.05, 0) is 5.56 Å². The molecule has 1 amide bonds. The van der Waals surface area contributed by atoms with E-state index >= 15 is 0 Å². The van der Waals surface area contributed by atoms with Gasteiger partial charge < -0.3 is 24.6 Å². The number of carbonyl (C=O) groups is 2. The van der Waals surface area contributed by atoms with E-state index in [1.54, 1.807) is 7.11 Å². The molecule has 1 rings (SSSR count). The van der Waals surface area contributed by atoms with Crippen LogP contribution in [-0.4, -0.2) is 63.2 Å². The Morgan fingerprint density at radius 2 is 1.74 bits per heavy atom. The Balaban J connectivity index is 2.25. The van der Waals surface area contributed by atoms with E-state index in [1.165, 1.54) is 0 Å². The Labute approximate surface area is 135 Å². The monoisotopic (exact) mass is 325 g/mol. The van der Waals surface area contributed by atoms with Gasteiger partial charge in [-0.1, -0.05) is 30.3 Å². The van der Waals surface area contributed by atoms with Crippen molar-refractivity contribution >= 4 is 11.9 Å². The van der Waals surface area contributed by atoms with Crippen LogP contribution in [-0.2, 0) is 30.2 Å². The molecule has 0 radical (unpaired) electrons. The molecule has 7 heteroatoms. The Morgan fingerprint density at radius 1 is 1.09 bits per heavy atom. The fraction of sp³-hybridized carbons (Fsp3) is 0.500. The number of ether oxygens (including phenoxy) is 3. The van der Waals surface area contributed by atoms with Crippen LogP contribution in [0.1, 0.15) is 5.56 Å². The van der Waals surface area contributed by atoms with E-state index in [0.717, 1.165) is 5.56 Å². The topological polar surface area (TPSA) is 94.1 Å². The summed E-state index contributed by atoms with van der Waals surface area (Å²) in [6.07, 6.45) is 0.224. The maximum Gasteiger partial charge on any atom is 0.326 e. The van der Waals surface area contributed by atoms with Crippen molar-refractivity contribution in [2.45, 2.75) is 12.5 Å². The quantitative estimate of drug-likeness (QED) is 0.543. The number of aliphatic carboxylic acids is 1. The predicted octanol–water partition coefficient (Wildman–Crippen LogP) is 0.478. The molecule has 0 heterocycles. The van der Waals surface area contributed by atoms with Gasteiger partial charge in [-0.3, -0.25) is 4.79 Å². The molecule has 7 nitrogen and oxygen atoms in total. The lowest BCUT2D eigenvalue weighted by atomic mass is 10.1. The first kappa shape index (κ1) is 19.1. The Morgan fingerprint density at radius 3 is 2.39 bits per heavy atom. The SMILES string of the molecule is COCCOCCOCC(=O)N[C@@H](Cc1ccccc1)C(=O)O. The van der Waals surface area contributed by atoms with Crippen LogP contribution >= 0.6 is 0 Å². The summed E-state index contributed by atoms with van der Waals surface area (Å²) in [6.45, 7) is 1.37. The zero-order valence-corrected chi connectivity index (χ0v) is 13.2. The van der Waals surface area contributed by atoms with Gasteiger partial charge in [0.15, 0.2) is 0 Å². The summed E-state index contributed by atoms with van der Waals surface area (Å²) >= 11 is 0. The molecule has 2 N–H and O–H groups in total. The lowest BCUT2D eigenvalue weighted by Gasteiger charge is -2.14. The molecule has 0 spiro atoms. The molecular weight excluding hydrogens is 302 g/mol. The van der Waals surface area contributed by atoms with Gasteiger partial charge in [0.2, 0.25) is 5.91 Å². The predicted molar refractivity (Wildman–Crippen MR) is 83.2 cm³/mol. The van der Waals surface area contributed by atoms with Gasteiger partial charge in [-0.15, -0.1) is 0 Å². The first-order valence-corrected chi connectivity index (χ1v) is 7.34. The fourth-order valence-corrected chi connectivity index (χ4v) is 1.81. The third kappa shape index (κ3) is 8.92. The van der Waals surface area contributed by atoms with Crippen LogP contribution in [0.15, 0.2) is 30.3 Å². The van der Waals surface area contributed by atoms with Crippen molar-refractivity contribution in [2.24, 2.45) is 0 Å². The number of hydrogen-bond acceptors (Lipinski definition) is 5. The molecule has 0 bridgehead atoms. The van der Waals surface area contributed by atoms with E-state index in [-0.39, 0.29) is 19.6 Å². The van der Waals surface area contributed by atoms with Gasteiger partial charge in [0, 0.05) is 13.5 Å². The average molecular weight is 325 g/mol. The number of methoxy groups -OCH3 is 1. The number of carbonyl (C=O) groups excluding carboxylic acids is 1. The van der Waals surface area contributed by atoms with E-state index in [4.69, 9.17) is 14.2 Å². The normalized spacial score (nSPS) is 11.9. The molecule has 1 atom stereocenters. The van der Waals surface area contributed by atoms with Crippen LogP contribution in [0.3, 0.4) is 0 Å². The van der Waals surface area contributed by atoms with Crippen molar-refractivity contribution in [3.05, 3.63) is 35.9 Å². The third-order valence-corrected chi connectivity index (χ3v) is 2.95. The van der Waals surface area contributed by atoms with E-state index in [9.17, 15) is 14.7 Å². The molecule has 128 valence electrons. The standard InChI is InChI=1S/C16H23NO6/c1-21-7-8-22-9-10-23-12-15(18)17-14(16(19)20)11-13-5-3-2-4-6-13/h2-6,14H,7-12H2,1H3,(H,17,18)(H,19,20)/t14-/m0/s1. The molecule has 0 saturated carbocycles. The summed E-state index contributed by atoms with van der Waals surface area (Å²) in [5, 5.41) is 11.6. The van der Waals surface area contributed by atoms with E-state index in [2.05, 4.69) is 5.32 Å². The number of carboxylic acids is 1. The first-order valence-electron chi connectivity index (χ1n) is 7.34. The molecule has 1 aromatic carbocycles. The molecule has 0 fully saturated rings. The number of rotatable bonds is 12. The molecule has 0 aromatic heterocycles. The number of nitrogens with one attached hydrogen (secondary N) is 1. The Kier molecular flexibility index (Phi) is 9.62. The highest BCUT2D eigenvalue weighted by molar-refractivity contribution is 5.84. The van der Waals surface area contributed by atoms with Crippen LogP contribution in [0.4, 0.5) is 0 Å². The fourth-order valence-electron chi connectivity index (χ4n) is 1.81. The molecule has 1 aromatic rings. The maximum absolute atomic E-state index is 11.7. The third-order valence-electron chi connectivity index (χ3n) is 2.95. The minimum atomic E-state index is -1.08. The number of carboxylic acid groups (broad SMARTS) is 1. The van der Waals surface area contributed by atoms with Crippen molar-refractivity contribution in [1.29, 1.82) is 0 Å². The Bertz CT molecular complexity index is 465. The molecule has 0 saturated heterocycles. The zero-order valence-electron chi connectivity index (χ0n) is 13.2. The summed E-state index contributed by atoms with van der Waals surface area (Å²) in [6, 6.07) is 8.14. The number of benzene rings is 1. The second-order valence-electron chi connectivity index (χ2n) is 4.81. The van der Waals surface area contributed by atoms with E-state index in [0.29, 0.717) is 19.8 Å². The summed E-state index contributed by atoms with van der Waals surface area (Å²) in [5.41, 5.74) is 0.840. The van der Waals surface area contributed by atoms with Crippen LogP contribution in [0, 0.1) is 0 Å². The van der Waals surface area contributed by atoms with Crippen LogP contribution in [0.2, 0.25) is 0 Å². The Hall–Kier alpha value is -1.96.